The van der Waals surface area contributed by atoms with Crippen LogP contribution in [0.4, 0.5) is 0 Å². The summed E-state index contributed by atoms with van der Waals surface area (Å²) in [4.78, 5) is 22.1. The van der Waals surface area contributed by atoms with E-state index >= 15 is 0 Å². The molecule has 3 rings (SSSR count). The Hall–Kier alpha value is -1.58. The summed E-state index contributed by atoms with van der Waals surface area (Å²) < 4.78 is 10.5. The second-order valence-electron chi connectivity index (χ2n) is 6.01. The van der Waals surface area contributed by atoms with Gasteiger partial charge in [-0.1, -0.05) is 0 Å². The standard InChI is InChI=1S/C16H20O4/c1-9(17)19-11-3-5-13-14-6-4-12(20-10(2)18)8-16(14)15(13)7-11/h7-8,13-16H,3-6H2,1-2H3/t13-,14-,15-,16-/m1/s1. The van der Waals surface area contributed by atoms with Crippen LogP contribution in [0, 0.1) is 23.7 Å². The van der Waals surface area contributed by atoms with Gasteiger partial charge in [0.15, 0.2) is 0 Å². The summed E-state index contributed by atoms with van der Waals surface area (Å²) in [5.41, 5.74) is 0. The summed E-state index contributed by atoms with van der Waals surface area (Å²) in [6, 6.07) is 0. The van der Waals surface area contributed by atoms with Crippen LogP contribution in [-0.2, 0) is 19.1 Å². The molecule has 0 aliphatic heterocycles. The fourth-order valence-corrected chi connectivity index (χ4v) is 4.03. The second kappa shape index (κ2) is 5.08. The molecule has 0 heterocycles. The summed E-state index contributed by atoms with van der Waals surface area (Å²) in [5, 5.41) is 0. The predicted octanol–water partition coefficient (Wildman–Crippen LogP) is 2.95. The molecular weight excluding hydrogens is 256 g/mol. The van der Waals surface area contributed by atoms with E-state index in [1.807, 2.05) is 0 Å². The topological polar surface area (TPSA) is 52.6 Å². The second-order valence-corrected chi connectivity index (χ2v) is 6.01. The van der Waals surface area contributed by atoms with Crippen LogP contribution >= 0.6 is 0 Å². The molecule has 3 aliphatic rings. The molecule has 1 saturated carbocycles. The zero-order valence-electron chi connectivity index (χ0n) is 11.9. The van der Waals surface area contributed by atoms with Gasteiger partial charge in [-0.3, -0.25) is 9.59 Å². The van der Waals surface area contributed by atoms with Crippen LogP contribution < -0.4 is 0 Å². The first kappa shape index (κ1) is 13.4. The third-order valence-electron chi connectivity index (χ3n) is 4.74. The minimum absolute atomic E-state index is 0.245. The van der Waals surface area contributed by atoms with Crippen LogP contribution in [0.3, 0.4) is 0 Å². The Morgan fingerprint density at radius 2 is 1.30 bits per heavy atom. The van der Waals surface area contributed by atoms with Crippen LogP contribution in [-0.4, -0.2) is 11.9 Å². The van der Waals surface area contributed by atoms with Gasteiger partial charge in [-0.05, 0) is 48.7 Å². The van der Waals surface area contributed by atoms with Crippen molar-refractivity contribution in [3.8, 4) is 0 Å². The molecule has 0 unspecified atom stereocenters. The number of allylic oxidation sites excluding steroid dienone is 4. The molecule has 20 heavy (non-hydrogen) atoms. The van der Waals surface area contributed by atoms with Crippen molar-refractivity contribution in [2.75, 3.05) is 0 Å². The molecular formula is C16H20O4. The average Bonchev–Trinajstić information content (AvgIpc) is 2.36. The highest BCUT2D eigenvalue weighted by atomic mass is 16.5. The van der Waals surface area contributed by atoms with Gasteiger partial charge in [0.1, 0.15) is 11.5 Å². The number of hydrogen-bond donors (Lipinski definition) is 0. The van der Waals surface area contributed by atoms with Gasteiger partial charge in [-0.25, -0.2) is 0 Å². The first-order valence-electron chi connectivity index (χ1n) is 7.33. The number of ether oxygens (including phenoxy) is 2. The van der Waals surface area contributed by atoms with Crippen molar-refractivity contribution in [2.24, 2.45) is 23.7 Å². The SMILES string of the molecule is CC(=O)OC1=C[C@H]2[C@@H]3C=C(OC(C)=O)CC[C@@H]3[C@H]2CC1. The minimum Gasteiger partial charge on any atom is -0.432 e. The van der Waals surface area contributed by atoms with E-state index in [-0.39, 0.29) is 11.9 Å². The molecule has 108 valence electrons. The molecule has 3 aliphatic carbocycles. The van der Waals surface area contributed by atoms with Gasteiger partial charge in [0.2, 0.25) is 0 Å². The summed E-state index contributed by atoms with van der Waals surface area (Å²) >= 11 is 0. The fourth-order valence-electron chi connectivity index (χ4n) is 4.03. The molecule has 0 aromatic carbocycles. The van der Waals surface area contributed by atoms with Crippen LogP contribution in [0.5, 0.6) is 0 Å². The normalized spacial score (nSPS) is 34.7. The molecule has 0 amide bonds. The summed E-state index contributed by atoms with van der Waals surface area (Å²) in [7, 11) is 0. The summed E-state index contributed by atoms with van der Waals surface area (Å²) in [6.45, 7) is 2.88. The van der Waals surface area contributed by atoms with E-state index in [0.717, 1.165) is 37.2 Å². The highest BCUT2D eigenvalue weighted by Gasteiger charge is 2.50. The zero-order valence-corrected chi connectivity index (χ0v) is 11.9. The lowest BCUT2D eigenvalue weighted by atomic mass is 9.51. The molecule has 0 aromatic rings. The van der Waals surface area contributed by atoms with E-state index in [2.05, 4.69) is 12.2 Å². The molecule has 0 saturated heterocycles. The van der Waals surface area contributed by atoms with Gasteiger partial charge in [0.05, 0.1) is 0 Å². The lowest BCUT2D eigenvalue weighted by Crippen LogP contribution is -2.48. The van der Waals surface area contributed by atoms with E-state index in [1.165, 1.54) is 13.8 Å². The first-order valence-corrected chi connectivity index (χ1v) is 7.33. The van der Waals surface area contributed by atoms with E-state index in [4.69, 9.17) is 9.47 Å². The van der Waals surface area contributed by atoms with Gasteiger partial charge in [0, 0.05) is 26.7 Å². The maximum Gasteiger partial charge on any atom is 0.307 e. The fraction of sp³-hybridized carbons (Fsp3) is 0.625. The first-order chi connectivity index (χ1) is 9.54. The van der Waals surface area contributed by atoms with Gasteiger partial charge in [-0.15, -0.1) is 0 Å². The van der Waals surface area contributed by atoms with Gasteiger partial charge in [-0.2, -0.15) is 0 Å². The van der Waals surface area contributed by atoms with Crippen molar-refractivity contribution in [2.45, 2.75) is 39.5 Å². The molecule has 0 N–H and O–H groups in total. The number of carbonyl (C=O) groups is 2. The summed E-state index contributed by atoms with van der Waals surface area (Å²) in [5.74, 6) is 3.41. The van der Waals surface area contributed by atoms with Crippen LogP contribution in [0.2, 0.25) is 0 Å². The lowest BCUT2D eigenvalue weighted by molar-refractivity contribution is -0.139. The number of rotatable bonds is 2. The molecule has 1 fully saturated rings. The number of esters is 2. The van der Waals surface area contributed by atoms with E-state index in [1.54, 1.807) is 0 Å². The van der Waals surface area contributed by atoms with Gasteiger partial charge < -0.3 is 9.47 Å². The Balaban J connectivity index is 1.73. The highest BCUT2D eigenvalue weighted by molar-refractivity contribution is 5.67. The van der Waals surface area contributed by atoms with Crippen LogP contribution in [0.15, 0.2) is 23.7 Å². The molecule has 4 heteroatoms. The van der Waals surface area contributed by atoms with Crippen molar-refractivity contribution >= 4 is 11.9 Å². The Morgan fingerprint density at radius 1 is 0.900 bits per heavy atom. The monoisotopic (exact) mass is 276 g/mol. The number of fused-ring (bicyclic) bond motifs is 4. The van der Waals surface area contributed by atoms with Crippen LogP contribution in [0.1, 0.15) is 39.5 Å². The third-order valence-corrected chi connectivity index (χ3v) is 4.74. The van der Waals surface area contributed by atoms with Crippen LogP contribution in [0.25, 0.3) is 0 Å². The van der Waals surface area contributed by atoms with Gasteiger partial charge >= 0.3 is 11.9 Å². The van der Waals surface area contributed by atoms with E-state index in [9.17, 15) is 9.59 Å². The summed E-state index contributed by atoms with van der Waals surface area (Å²) in [6.07, 6.45) is 8.16. The predicted molar refractivity (Wildman–Crippen MR) is 72.1 cm³/mol. The number of hydrogen-bond acceptors (Lipinski definition) is 4. The maximum atomic E-state index is 11.0. The van der Waals surface area contributed by atoms with Crippen molar-refractivity contribution in [1.82, 2.24) is 0 Å². The average molecular weight is 276 g/mol. The molecule has 0 bridgehead atoms. The van der Waals surface area contributed by atoms with Crippen molar-refractivity contribution in [3.05, 3.63) is 23.7 Å². The Bertz CT molecular complexity index is 457. The molecule has 0 aromatic heterocycles. The lowest BCUT2D eigenvalue weighted by Gasteiger charge is -2.54. The third kappa shape index (κ3) is 2.39. The van der Waals surface area contributed by atoms with Gasteiger partial charge in [0.25, 0.3) is 0 Å². The largest absolute Gasteiger partial charge is 0.432 e. The Kier molecular flexibility index (Phi) is 3.40. The maximum absolute atomic E-state index is 11.0. The van der Waals surface area contributed by atoms with E-state index < -0.39 is 0 Å². The molecule has 4 atom stereocenters. The Morgan fingerprint density at radius 3 is 1.65 bits per heavy atom. The number of carbonyl (C=O) groups excluding carboxylic acids is 2. The minimum atomic E-state index is -0.245. The molecule has 0 spiro atoms. The highest BCUT2D eigenvalue weighted by Crippen LogP contribution is 2.57. The zero-order chi connectivity index (χ0) is 14.3. The van der Waals surface area contributed by atoms with Crippen molar-refractivity contribution in [1.29, 1.82) is 0 Å². The van der Waals surface area contributed by atoms with E-state index in [0.29, 0.717) is 23.7 Å². The molecule has 0 radical (unpaired) electrons. The smallest absolute Gasteiger partial charge is 0.307 e. The Labute approximate surface area is 118 Å². The van der Waals surface area contributed by atoms with Crippen molar-refractivity contribution in [3.63, 3.8) is 0 Å². The van der Waals surface area contributed by atoms with Crippen molar-refractivity contribution < 1.29 is 19.1 Å². The molecule has 4 nitrogen and oxygen atoms in total. The quantitative estimate of drug-likeness (QED) is 0.728.